The predicted molar refractivity (Wildman–Crippen MR) is 113 cm³/mol. The monoisotopic (exact) mass is 335 g/mol. The van der Waals surface area contributed by atoms with Crippen LogP contribution in [0.3, 0.4) is 0 Å². The summed E-state index contributed by atoms with van der Waals surface area (Å²) < 4.78 is 0. The van der Waals surface area contributed by atoms with E-state index in [9.17, 15) is 0 Å². The van der Waals surface area contributed by atoms with Gasteiger partial charge in [0.1, 0.15) is 0 Å². The Bertz CT molecular complexity index is 1300. The fraction of sp³-hybridized carbons (Fsp3) is 0.160. The second-order valence-corrected chi connectivity index (χ2v) is 6.99. The van der Waals surface area contributed by atoms with E-state index in [1.807, 2.05) is 0 Å². The van der Waals surface area contributed by atoms with E-state index in [0.29, 0.717) is 0 Å². The first-order valence-corrected chi connectivity index (χ1v) is 9.46. The van der Waals surface area contributed by atoms with Crippen molar-refractivity contribution in [3.63, 3.8) is 0 Å². The Morgan fingerprint density at radius 1 is 0.654 bits per heavy atom. The predicted octanol–water partition coefficient (Wildman–Crippen LogP) is 6.82. The molecule has 5 aromatic rings. The van der Waals surface area contributed by atoms with Crippen molar-refractivity contribution in [1.29, 1.82) is 0 Å². The zero-order valence-corrected chi connectivity index (χ0v) is 15.2. The van der Waals surface area contributed by atoms with E-state index in [2.05, 4.69) is 80.6 Å². The van der Waals surface area contributed by atoms with Gasteiger partial charge in [-0.05, 0) is 51.4 Å². The Balaban J connectivity index is 2.05. The number of hydrogen-bond donors (Lipinski definition) is 0. The first kappa shape index (κ1) is 15.3. The molecule has 1 heterocycles. The Kier molecular flexibility index (Phi) is 3.43. The molecule has 0 atom stereocenters. The summed E-state index contributed by atoms with van der Waals surface area (Å²) in [6, 6.07) is 24.4. The minimum Gasteiger partial charge on any atom is -0.252 e. The zero-order chi connectivity index (χ0) is 17.7. The Morgan fingerprint density at radius 3 is 2.27 bits per heavy atom. The topological polar surface area (TPSA) is 12.9 Å². The number of rotatable bonds is 2. The highest BCUT2D eigenvalue weighted by Crippen LogP contribution is 2.36. The van der Waals surface area contributed by atoms with E-state index in [1.54, 1.807) is 0 Å². The highest BCUT2D eigenvalue weighted by Gasteiger charge is 2.13. The molecule has 0 saturated carbocycles. The van der Waals surface area contributed by atoms with E-state index < -0.39 is 0 Å². The lowest BCUT2D eigenvalue weighted by Gasteiger charge is -2.14. The molecule has 0 saturated heterocycles. The minimum atomic E-state index is 0.938. The largest absolute Gasteiger partial charge is 0.252 e. The van der Waals surface area contributed by atoms with E-state index in [4.69, 9.17) is 4.98 Å². The molecular weight excluding hydrogens is 314 g/mol. The molecule has 0 aliphatic rings. The van der Waals surface area contributed by atoms with Crippen molar-refractivity contribution in [3.8, 4) is 0 Å². The van der Waals surface area contributed by atoms with Crippen LogP contribution in [0.5, 0.6) is 0 Å². The summed E-state index contributed by atoms with van der Waals surface area (Å²) in [5, 5.41) is 9.10. The van der Waals surface area contributed by atoms with Crippen molar-refractivity contribution in [2.75, 3.05) is 0 Å². The molecule has 5 rings (SSSR count). The second-order valence-electron chi connectivity index (χ2n) is 6.99. The quantitative estimate of drug-likeness (QED) is 0.323. The van der Waals surface area contributed by atoms with Crippen molar-refractivity contribution in [1.82, 2.24) is 4.98 Å². The molecule has 1 heteroatoms. The van der Waals surface area contributed by atoms with Crippen LogP contribution < -0.4 is 0 Å². The summed E-state index contributed by atoms with van der Waals surface area (Å²) >= 11 is 0. The van der Waals surface area contributed by atoms with Gasteiger partial charge in [-0.2, -0.15) is 0 Å². The van der Waals surface area contributed by atoms with E-state index in [0.717, 1.165) is 18.4 Å². The van der Waals surface area contributed by atoms with Gasteiger partial charge in [-0.15, -0.1) is 0 Å². The number of nitrogens with zero attached hydrogens (tertiary/aromatic N) is 1. The molecule has 0 spiro atoms. The normalized spacial score (nSPS) is 11.8. The van der Waals surface area contributed by atoms with Gasteiger partial charge < -0.3 is 0 Å². The average Bonchev–Trinajstić information content (AvgIpc) is 2.71. The molecule has 0 amide bonds. The van der Waals surface area contributed by atoms with E-state index >= 15 is 0 Å². The highest BCUT2D eigenvalue weighted by atomic mass is 14.7. The van der Waals surface area contributed by atoms with Crippen molar-refractivity contribution < 1.29 is 0 Å². The van der Waals surface area contributed by atoms with Crippen LogP contribution in [-0.2, 0) is 12.8 Å². The smallest absolute Gasteiger partial charge is 0.0718 e. The maximum absolute atomic E-state index is 5.06. The first-order chi connectivity index (χ1) is 12.8. The molecule has 126 valence electrons. The average molecular weight is 335 g/mol. The number of hydrogen-bond acceptors (Lipinski definition) is 1. The molecule has 26 heavy (non-hydrogen) atoms. The molecule has 1 nitrogen and oxygen atoms in total. The fourth-order valence-electron chi connectivity index (χ4n) is 4.21. The Labute approximate surface area is 153 Å². The van der Waals surface area contributed by atoms with Gasteiger partial charge >= 0.3 is 0 Å². The molecule has 4 aromatic carbocycles. The second kappa shape index (κ2) is 5.81. The number of pyridine rings is 1. The third kappa shape index (κ3) is 2.13. The van der Waals surface area contributed by atoms with Crippen LogP contribution in [0.25, 0.3) is 43.2 Å². The van der Waals surface area contributed by atoms with Crippen molar-refractivity contribution in [2.24, 2.45) is 0 Å². The van der Waals surface area contributed by atoms with Gasteiger partial charge in [0, 0.05) is 16.5 Å². The zero-order valence-electron chi connectivity index (χ0n) is 15.2. The Hall–Kier alpha value is -2.93. The Morgan fingerprint density at radius 2 is 1.42 bits per heavy atom. The van der Waals surface area contributed by atoms with Crippen LogP contribution in [-0.4, -0.2) is 4.98 Å². The molecule has 0 fully saturated rings. The molecule has 1 aromatic heterocycles. The third-order valence-electron chi connectivity index (χ3n) is 5.55. The lowest BCUT2D eigenvalue weighted by atomic mass is 9.93. The summed E-state index contributed by atoms with van der Waals surface area (Å²) in [4.78, 5) is 5.06. The van der Waals surface area contributed by atoms with Crippen LogP contribution in [0.15, 0.2) is 66.7 Å². The summed E-state index contributed by atoms with van der Waals surface area (Å²) in [6.07, 6.45) is 2.00. The maximum atomic E-state index is 5.06. The van der Waals surface area contributed by atoms with Crippen LogP contribution in [0.1, 0.15) is 25.1 Å². The molecule has 0 unspecified atom stereocenters. The first-order valence-electron chi connectivity index (χ1n) is 9.46. The van der Waals surface area contributed by atoms with Crippen molar-refractivity contribution in [3.05, 3.63) is 78.0 Å². The number of aromatic nitrogens is 1. The number of fused-ring (bicyclic) bond motifs is 7. The highest BCUT2D eigenvalue weighted by molar-refractivity contribution is 6.24. The van der Waals surface area contributed by atoms with Gasteiger partial charge in [0.25, 0.3) is 0 Å². The van der Waals surface area contributed by atoms with Crippen LogP contribution in [0.2, 0.25) is 0 Å². The van der Waals surface area contributed by atoms with Gasteiger partial charge in [-0.3, -0.25) is 4.98 Å². The fourth-order valence-corrected chi connectivity index (χ4v) is 4.21. The van der Waals surface area contributed by atoms with E-state index in [1.165, 1.54) is 49.0 Å². The molecule has 0 bridgehead atoms. The molecule has 0 N–H and O–H groups in total. The van der Waals surface area contributed by atoms with Crippen LogP contribution >= 0.6 is 0 Å². The van der Waals surface area contributed by atoms with Gasteiger partial charge in [0.2, 0.25) is 0 Å². The summed E-state index contributed by atoms with van der Waals surface area (Å²) in [7, 11) is 0. The minimum absolute atomic E-state index is 0.938. The lowest BCUT2D eigenvalue weighted by Crippen LogP contribution is -1.94. The molecular formula is C25H21N. The third-order valence-corrected chi connectivity index (χ3v) is 5.55. The van der Waals surface area contributed by atoms with Crippen molar-refractivity contribution in [2.45, 2.75) is 26.7 Å². The number of aryl methyl sites for hydroxylation is 2. The molecule has 0 aliphatic heterocycles. The van der Waals surface area contributed by atoms with Gasteiger partial charge in [0.05, 0.1) is 5.52 Å². The molecule has 0 aliphatic carbocycles. The van der Waals surface area contributed by atoms with Crippen molar-refractivity contribution >= 4 is 43.2 Å². The van der Waals surface area contributed by atoms with Gasteiger partial charge in [-0.1, -0.05) is 74.5 Å². The van der Waals surface area contributed by atoms with Gasteiger partial charge in [0.15, 0.2) is 0 Å². The SMILES string of the molecule is CCc1ccc2c(ccc3c2c(CC)nc2ccc4ccccc4c23)c1. The molecule has 0 radical (unpaired) electrons. The maximum Gasteiger partial charge on any atom is 0.0718 e. The van der Waals surface area contributed by atoms with E-state index in [-0.39, 0.29) is 0 Å². The summed E-state index contributed by atoms with van der Waals surface area (Å²) in [6.45, 7) is 4.41. The number of benzene rings is 4. The summed E-state index contributed by atoms with van der Waals surface area (Å²) in [5.41, 5.74) is 3.67. The van der Waals surface area contributed by atoms with Crippen LogP contribution in [0.4, 0.5) is 0 Å². The van der Waals surface area contributed by atoms with Gasteiger partial charge in [-0.25, -0.2) is 0 Å². The standard InChI is InChI=1S/C25H21N/c1-3-16-9-12-20-18(15-16)10-13-21-24(20)22(4-2)26-23-14-11-17-7-5-6-8-19(17)25(21)23/h5-15H,3-4H2,1-2H3. The van der Waals surface area contributed by atoms with Crippen LogP contribution in [0, 0.1) is 0 Å². The lowest BCUT2D eigenvalue weighted by molar-refractivity contribution is 1.08. The summed E-state index contributed by atoms with van der Waals surface area (Å²) in [5.74, 6) is 0.